The van der Waals surface area contributed by atoms with Crippen LogP contribution in [0.4, 0.5) is 15.3 Å². The normalized spacial score (nSPS) is 18.7. The van der Waals surface area contributed by atoms with Crippen LogP contribution in [0.3, 0.4) is 0 Å². The van der Waals surface area contributed by atoms with Gasteiger partial charge in [0.05, 0.1) is 44.9 Å². The number of carbonyl (C=O) groups is 5. The zero-order valence-corrected chi connectivity index (χ0v) is 34.8. The van der Waals surface area contributed by atoms with E-state index in [2.05, 4.69) is 44.9 Å². The average molecular weight is 829 g/mol. The van der Waals surface area contributed by atoms with Gasteiger partial charge >= 0.3 is 12.2 Å². The highest BCUT2D eigenvalue weighted by atomic mass is 16.5. The van der Waals surface area contributed by atoms with Crippen molar-refractivity contribution in [2.24, 2.45) is 18.7 Å². The quantitative estimate of drug-likeness (QED) is 0.121. The Kier molecular flexibility index (Phi) is 11.1. The minimum absolute atomic E-state index is 0.110. The highest BCUT2D eigenvalue weighted by molar-refractivity contribution is 6.04. The number of benzene rings is 3. The van der Waals surface area contributed by atoms with Crippen LogP contribution in [0.25, 0.3) is 33.6 Å². The van der Waals surface area contributed by atoms with E-state index >= 15 is 0 Å². The average Bonchev–Trinajstić information content (AvgIpc) is 4.08. The van der Waals surface area contributed by atoms with Crippen LogP contribution in [0.15, 0.2) is 73.1 Å². The summed E-state index contributed by atoms with van der Waals surface area (Å²) in [7, 11) is 4.52. The predicted molar refractivity (Wildman–Crippen MR) is 225 cm³/mol. The maximum absolute atomic E-state index is 14.0. The van der Waals surface area contributed by atoms with E-state index in [1.165, 1.54) is 14.2 Å². The molecule has 5 aromatic rings. The fourth-order valence-corrected chi connectivity index (χ4v) is 8.94. The molecule has 8 rings (SSSR count). The predicted octanol–water partition coefficient (Wildman–Crippen LogP) is 5.01. The third-order valence-corrected chi connectivity index (χ3v) is 12.1. The number of nitrogens with one attached hydrogen (secondary N) is 4. The van der Waals surface area contributed by atoms with Crippen LogP contribution in [0.5, 0.6) is 0 Å². The lowest BCUT2D eigenvalue weighted by atomic mass is 9.98. The summed E-state index contributed by atoms with van der Waals surface area (Å²) in [5.41, 5.74) is 14.1. The van der Waals surface area contributed by atoms with E-state index in [1.807, 2.05) is 60.8 Å². The van der Waals surface area contributed by atoms with Gasteiger partial charge in [0.1, 0.15) is 30.1 Å². The highest BCUT2D eigenvalue weighted by Crippen LogP contribution is 2.45. The number of alkyl carbamates (subject to hydrolysis) is 2. The Bertz CT molecular complexity index is 2510. The second kappa shape index (κ2) is 16.6. The summed E-state index contributed by atoms with van der Waals surface area (Å²) < 4.78 is 11.6. The number of likely N-dealkylation sites (tertiary alicyclic amines) is 1. The summed E-state index contributed by atoms with van der Waals surface area (Å²) in [4.78, 5) is 79.5. The first-order valence-electron chi connectivity index (χ1n) is 20.5. The van der Waals surface area contributed by atoms with Crippen molar-refractivity contribution in [3.8, 4) is 33.6 Å². The minimum Gasteiger partial charge on any atom is -0.453 e. The van der Waals surface area contributed by atoms with Crippen molar-refractivity contribution in [2.75, 3.05) is 25.7 Å². The van der Waals surface area contributed by atoms with Gasteiger partial charge in [0.15, 0.2) is 5.69 Å². The lowest BCUT2D eigenvalue weighted by Gasteiger charge is -2.29. The van der Waals surface area contributed by atoms with E-state index in [-0.39, 0.29) is 23.8 Å². The second-order valence-electron chi connectivity index (χ2n) is 16.2. The molecular formula is C45H50N9O7+. The van der Waals surface area contributed by atoms with E-state index in [9.17, 15) is 24.0 Å². The largest absolute Gasteiger partial charge is 0.453 e. The molecule has 2 aromatic heterocycles. The van der Waals surface area contributed by atoms with Crippen LogP contribution in [0.2, 0.25) is 0 Å². The van der Waals surface area contributed by atoms with Crippen molar-refractivity contribution in [3.63, 3.8) is 0 Å². The standard InChI is InChI=1S/C45H49N9O7/c1-24(2)37(51-45(59)61-5)43(57)53-18-6-7-35(53)41-49-34(23-52(41)3)28-14-10-26(11-15-28)25-8-12-27(13-9-25)33-22-47-40(48-33)36-21-30-20-31(39(46)55)19-29-16-17-32(50-44(58)60-4)42(56)54(36)38(29)30/h8-15,19-20,22-24,32,35-37H,6-7,16-18,21H2,1-5H3,(H5,46,47,48,50,51,55,58,59)/p+1. The Morgan fingerprint density at radius 3 is 2.15 bits per heavy atom. The first kappa shape index (κ1) is 40.8. The zero-order chi connectivity index (χ0) is 43.1. The number of primary amides is 1. The van der Waals surface area contributed by atoms with Crippen LogP contribution >= 0.6 is 0 Å². The molecule has 0 bridgehead atoms. The van der Waals surface area contributed by atoms with Gasteiger partial charge in [0, 0.05) is 24.1 Å². The summed E-state index contributed by atoms with van der Waals surface area (Å²) in [5, 5.41) is 5.40. The summed E-state index contributed by atoms with van der Waals surface area (Å²) in [5.74, 6) is 0.431. The molecule has 16 nitrogen and oxygen atoms in total. The second-order valence-corrected chi connectivity index (χ2v) is 16.2. The molecule has 3 aliphatic rings. The van der Waals surface area contributed by atoms with Gasteiger partial charge in [0.25, 0.3) is 5.82 Å². The molecule has 0 saturated carbocycles. The number of rotatable bonds is 10. The Hall–Kier alpha value is -6.97. The molecule has 3 aliphatic heterocycles. The molecule has 0 aliphatic carbocycles. The van der Waals surface area contributed by atoms with Gasteiger partial charge in [-0.2, -0.15) is 0 Å². The van der Waals surface area contributed by atoms with Crippen molar-refractivity contribution in [1.82, 2.24) is 30.5 Å². The maximum Gasteiger partial charge on any atom is 0.407 e. The van der Waals surface area contributed by atoms with Gasteiger partial charge in [-0.05, 0) is 83.7 Å². The number of anilines is 1. The van der Waals surface area contributed by atoms with Gasteiger partial charge in [-0.15, -0.1) is 0 Å². The number of H-pyrrole nitrogens is 2. The Morgan fingerprint density at radius 1 is 0.869 bits per heavy atom. The van der Waals surface area contributed by atoms with E-state index < -0.39 is 36.2 Å². The van der Waals surface area contributed by atoms with Crippen LogP contribution in [0.1, 0.15) is 78.3 Å². The Labute approximate surface area is 352 Å². The van der Waals surface area contributed by atoms with Gasteiger partial charge in [-0.25, -0.2) is 24.1 Å². The number of hydrogen-bond acceptors (Lipinski definition) is 8. The van der Waals surface area contributed by atoms with E-state index in [4.69, 9.17) is 20.2 Å². The molecule has 61 heavy (non-hydrogen) atoms. The Balaban J connectivity index is 0.981. The fourth-order valence-electron chi connectivity index (χ4n) is 8.94. The SMILES string of the molecule is COC(=O)NC1CCc2cc(C(N)=O)cc3c2N(C1=O)C(c1ncc(-c2ccc(-c4ccc(-c5c[n+](C)c(C6CCCN6C(=O)C(NC(=O)OC)C(C)C)[nH]5)cc4)cc2)[nH]1)C3. The van der Waals surface area contributed by atoms with Gasteiger partial charge in [-0.1, -0.05) is 50.2 Å². The number of nitrogens with two attached hydrogens (primary N) is 1. The topological polar surface area (TPSA) is 209 Å². The molecule has 1 saturated heterocycles. The van der Waals surface area contributed by atoms with Crippen molar-refractivity contribution >= 4 is 35.6 Å². The number of aromatic nitrogens is 4. The molecule has 1 fully saturated rings. The number of methoxy groups -OCH3 is 2. The fraction of sp³-hybridized carbons (Fsp3) is 0.356. The Morgan fingerprint density at radius 2 is 1.51 bits per heavy atom. The summed E-state index contributed by atoms with van der Waals surface area (Å²) in [6, 6.07) is 17.7. The van der Waals surface area contributed by atoms with Crippen molar-refractivity contribution in [1.29, 1.82) is 0 Å². The van der Waals surface area contributed by atoms with Crippen molar-refractivity contribution in [3.05, 3.63) is 101 Å². The number of hydrogen-bond donors (Lipinski definition) is 5. The third-order valence-electron chi connectivity index (χ3n) is 12.1. The zero-order valence-electron chi connectivity index (χ0n) is 34.8. The lowest BCUT2D eigenvalue weighted by Crippen LogP contribution is -2.52. The summed E-state index contributed by atoms with van der Waals surface area (Å²) in [6.07, 6.45) is 5.33. The molecule has 0 spiro atoms. The summed E-state index contributed by atoms with van der Waals surface area (Å²) >= 11 is 0. The molecule has 316 valence electrons. The highest BCUT2D eigenvalue weighted by Gasteiger charge is 2.44. The lowest BCUT2D eigenvalue weighted by molar-refractivity contribution is -0.680. The third kappa shape index (κ3) is 7.80. The van der Waals surface area contributed by atoms with Crippen molar-refractivity contribution < 1.29 is 38.0 Å². The smallest absolute Gasteiger partial charge is 0.407 e. The number of carbonyl (C=O) groups excluding carboxylic acids is 5. The number of imidazole rings is 2. The first-order valence-corrected chi connectivity index (χ1v) is 20.5. The van der Waals surface area contributed by atoms with E-state index in [0.29, 0.717) is 37.2 Å². The van der Waals surface area contributed by atoms with E-state index in [0.717, 1.165) is 69.1 Å². The molecular weight excluding hydrogens is 779 g/mol. The van der Waals surface area contributed by atoms with Crippen molar-refractivity contribution in [2.45, 2.75) is 70.1 Å². The number of ether oxygens (including phenoxy) is 2. The molecule has 5 heterocycles. The van der Waals surface area contributed by atoms with Crippen LogP contribution in [-0.2, 0) is 39.0 Å². The molecule has 4 atom stereocenters. The number of amides is 5. The van der Waals surface area contributed by atoms with Crippen LogP contribution in [-0.4, -0.2) is 82.6 Å². The summed E-state index contributed by atoms with van der Waals surface area (Å²) in [6.45, 7) is 4.42. The van der Waals surface area contributed by atoms with Crippen LogP contribution < -0.4 is 25.8 Å². The number of aromatic amines is 2. The molecule has 3 aromatic carbocycles. The first-order chi connectivity index (χ1) is 29.3. The minimum atomic E-state index is -0.827. The van der Waals surface area contributed by atoms with E-state index in [1.54, 1.807) is 23.2 Å². The molecule has 4 unspecified atom stereocenters. The number of aryl methyl sites for hydroxylation is 2. The molecule has 16 heteroatoms. The number of nitrogens with zero attached hydrogens (tertiary/aromatic N) is 4. The van der Waals surface area contributed by atoms with Gasteiger partial charge in [0.2, 0.25) is 17.7 Å². The molecule has 5 amide bonds. The van der Waals surface area contributed by atoms with Gasteiger partial charge < -0.3 is 35.7 Å². The monoisotopic (exact) mass is 828 g/mol. The van der Waals surface area contributed by atoms with Crippen LogP contribution in [0, 0.1) is 5.92 Å². The van der Waals surface area contributed by atoms with Gasteiger partial charge in [-0.3, -0.25) is 19.3 Å². The maximum atomic E-state index is 14.0. The molecule has 0 radical (unpaired) electrons. The molecule has 6 N–H and O–H groups in total.